The highest BCUT2D eigenvalue weighted by Crippen LogP contribution is 2.35. The molecule has 5 rings (SSSR count). The lowest BCUT2D eigenvalue weighted by molar-refractivity contribution is -0.137. The molecule has 2 amide bonds. The van der Waals surface area contributed by atoms with Crippen LogP contribution in [0.15, 0.2) is 60.9 Å². The van der Waals surface area contributed by atoms with Gasteiger partial charge in [-0.3, -0.25) is 14.6 Å². The van der Waals surface area contributed by atoms with Crippen molar-refractivity contribution in [2.24, 2.45) is 11.7 Å². The van der Waals surface area contributed by atoms with E-state index in [1.165, 1.54) is 12.3 Å². The van der Waals surface area contributed by atoms with Crippen LogP contribution in [0.2, 0.25) is 0 Å². The fraction of sp³-hybridized carbons (Fsp3) is 0.367. The van der Waals surface area contributed by atoms with Crippen molar-refractivity contribution in [3.05, 3.63) is 83.2 Å². The smallest absolute Gasteiger partial charge is 0.367 e. The monoisotopic (exact) mass is 551 g/mol. The molecule has 1 aliphatic carbocycles. The summed E-state index contributed by atoms with van der Waals surface area (Å²) in [5.74, 6) is 0.182. The Morgan fingerprint density at radius 2 is 1.73 bits per heavy atom. The van der Waals surface area contributed by atoms with Gasteiger partial charge in [0.1, 0.15) is 0 Å². The molecule has 3 N–H and O–H groups in total. The molecule has 0 unspecified atom stereocenters. The summed E-state index contributed by atoms with van der Waals surface area (Å²) in [6.07, 6.45) is 0.780. The van der Waals surface area contributed by atoms with E-state index in [0.717, 1.165) is 36.2 Å². The molecular formula is C30H32F3N5O2. The molecule has 1 saturated carbocycles. The van der Waals surface area contributed by atoms with Gasteiger partial charge in [0.05, 0.1) is 29.1 Å². The zero-order valence-electron chi connectivity index (χ0n) is 22.2. The second-order valence-corrected chi connectivity index (χ2v) is 10.4. The van der Waals surface area contributed by atoms with Gasteiger partial charge in [0.2, 0.25) is 5.91 Å². The second kappa shape index (κ2) is 11.3. The normalized spacial score (nSPS) is 16.5. The minimum absolute atomic E-state index is 0.114. The van der Waals surface area contributed by atoms with Crippen molar-refractivity contribution in [3.63, 3.8) is 0 Å². The van der Waals surface area contributed by atoms with Crippen molar-refractivity contribution in [3.8, 4) is 11.1 Å². The molecule has 0 bridgehead atoms. The van der Waals surface area contributed by atoms with Gasteiger partial charge < -0.3 is 20.9 Å². The number of alkyl halides is 3. The van der Waals surface area contributed by atoms with Crippen molar-refractivity contribution >= 4 is 17.5 Å². The SMILES string of the molecule is C[C@@H](NC(=O)c1cncc(N2CCN(C(=O)C3CC3)CC2)c1)c1ccc(-c2cc(C(F)(F)F)ccc2CN)cc1. The fourth-order valence-corrected chi connectivity index (χ4v) is 5.01. The number of amides is 2. The van der Waals surface area contributed by atoms with Crippen molar-refractivity contribution in [2.75, 3.05) is 31.1 Å². The lowest BCUT2D eigenvalue weighted by Gasteiger charge is -2.36. The Kier molecular flexibility index (Phi) is 7.80. The number of halogens is 3. The molecule has 0 radical (unpaired) electrons. The largest absolute Gasteiger partial charge is 0.416 e. The Hall–Kier alpha value is -3.92. The Bertz CT molecular complexity index is 1380. The highest BCUT2D eigenvalue weighted by atomic mass is 19.4. The van der Waals surface area contributed by atoms with Crippen LogP contribution in [0.4, 0.5) is 18.9 Å². The molecule has 40 heavy (non-hydrogen) atoms. The van der Waals surface area contributed by atoms with E-state index in [2.05, 4.69) is 15.2 Å². The van der Waals surface area contributed by atoms with E-state index in [0.29, 0.717) is 48.4 Å². The van der Waals surface area contributed by atoms with Gasteiger partial charge >= 0.3 is 6.18 Å². The average molecular weight is 552 g/mol. The number of benzene rings is 2. The van der Waals surface area contributed by atoms with Crippen LogP contribution < -0.4 is 16.0 Å². The van der Waals surface area contributed by atoms with Crippen LogP contribution in [-0.2, 0) is 17.5 Å². The maximum Gasteiger partial charge on any atom is 0.416 e. The number of rotatable bonds is 7. The van der Waals surface area contributed by atoms with Crippen molar-refractivity contribution in [1.82, 2.24) is 15.2 Å². The third-order valence-corrected chi connectivity index (χ3v) is 7.60. The zero-order valence-corrected chi connectivity index (χ0v) is 22.2. The standard InChI is InChI=1S/C30H32F3N5O2/c1-19(20-2-4-21(5-3-20)27-15-25(30(31,32)33)9-8-23(27)16-34)36-28(39)24-14-26(18-35-17-24)37-10-12-38(13-11-37)29(40)22-6-7-22/h2-5,8-9,14-15,17-19,22H,6-7,10-13,16,34H2,1H3,(H,36,39)/t19-/m1/s1. The van der Waals surface area contributed by atoms with E-state index >= 15 is 0 Å². The van der Waals surface area contributed by atoms with Crippen LogP contribution in [0.1, 0.15) is 52.9 Å². The molecule has 2 aromatic carbocycles. The van der Waals surface area contributed by atoms with Crippen molar-refractivity contribution in [2.45, 2.75) is 38.5 Å². The number of carbonyl (C=O) groups excluding carboxylic acids is 2. The predicted molar refractivity (Wildman–Crippen MR) is 146 cm³/mol. The van der Waals surface area contributed by atoms with Gasteiger partial charge in [-0.05, 0) is 60.2 Å². The van der Waals surface area contributed by atoms with Crippen LogP contribution >= 0.6 is 0 Å². The number of nitrogens with one attached hydrogen (secondary N) is 1. The summed E-state index contributed by atoms with van der Waals surface area (Å²) < 4.78 is 39.8. The first kappa shape index (κ1) is 27.6. The summed E-state index contributed by atoms with van der Waals surface area (Å²) in [6.45, 7) is 4.65. The van der Waals surface area contributed by atoms with E-state index < -0.39 is 11.7 Å². The zero-order chi connectivity index (χ0) is 28.4. The van der Waals surface area contributed by atoms with Crippen LogP contribution in [-0.4, -0.2) is 47.9 Å². The number of nitrogens with two attached hydrogens (primary N) is 1. The van der Waals surface area contributed by atoms with Crippen LogP contribution in [0.25, 0.3) is 11.1 Å². The lowest BCUT2D eigenvalue weighted by atomic mass is 9.95. The molecular weight excluding hydrogens is 519 g/mol. The maximum absolute atomic E-state index is 13.3. The molecule has 1 atom stereocenters. The molecule has 0 spiro atoms. The Balaban J connectivity index is 1.23. The number of piperazine rings is 1. The molecule has 1 aliphatic heterocycles. The summed E-state index contributed by atoms with van der Waals surface area (Å²) in [4.78, 5) is 33.7. The number of pyridine rings is 1. The Labute approximate surface area is 231 Å². The maximum atomic E-state index is 13.3. The minimum atomic E-state index is -4.45. The molecule has 1 saturated heterocycles. The van der Waals surface area contributed by atoms with E-state index in [-0.39, 0.29) is 30.3 Å². The van der Waals surface area contributed by atoms with Gasteiger partial charge in [-0.1, -0.05) is 30.3 Å². The first-order chi connectivity index (χ1) is 19.1. The number of hydrogen-bond acceptors (Lipinski definition) is 5. The average Bonchev–Trinajstić information content (AvgIpc) is 3.82. The van der Waals surface area contributed by atoms with E-state index in [4.69, 9.17) is 5.73 Å². The van der Waals surface area contributed by atoms with Gasteiger partial charge in [-0.15, -0.1) is 0 Å². The third kappa shape index (κ3) is 6.12. The molecule has 1 aromatic heterocycles. The number of hydrogen-bond donors (Lipinski definition) is 2. The Morgan fingerprint density at radius 1 is 1.02 bits per heavy atom. The van der Waals surface area contributed by atoms with Crippen LogP contribution in [0, 0.1) is 5.92 Å². The van der Waals surface area contributed by atoms with Gasteiger partial charge in [-0.25, -0.2) is 0 Å². The molecule has 210 valence electrons. The quantitative estimate of drug-likeness (QED) is 0.441. The highest BCUT2D eigenvalue weighted by Gasteiger charge is 2.35. The van der Waals surface area contributed by atoms with Crippen LogP contribution in [0.3, 0.4) is 0 Å². The topological polar surface area (TPSA) is 91.6 Å². The van der Waals surface area contributed by atoms with Gasteiger partial charge in [-0.2, -0.15) is 13.2 Å². The molecule has 2 heterocycles. The van der Waals surface area contributed by atoms with Crippen LogP contribution in [0.5, 0.6) is 0 Å². The summed E-state index contributed by atoms with van der Waals surface area (Å²) in [5, 5.41) is 2.98. The minimum Gasteiger partial charge on any atom is -0.367 e. The van der Waals surface area contributed by atoms with E-state index in [1.54, 1.807) is 36.5 Å². The molecule has 3 aromatic rings. The highest BCUT2D eigenvalue weighted by molar-refractivity contribution is 5.95. The fourth-order valence-electron chi connectivity index (χ4n) is 5.01. The summed E-state index contributed by atoms with van der Waals surface area (Å²) in [5.41, 5.74) is 8.77. The first-order valence-corrected chi connectivity index (χ1v) is 13.4. The van der Waals surface area contributed by atoms with Crippen molar-refractivity contribution in [1.29, 1.82) is 0 Å². The summed E-state index contributed by atoms with van der Waals surface area (Å²) in [7, 11) is 0. The first-order valence-electron chi connectivity index (χ1n) is 13.4. The number of aromatic nitrogens is 1. The number of nitrogens with zero attached hydrogens (tertiary/aromatic N) is 3. The molecule has 10 heteroatoms. The summed E-state index contributed by atoms with van der Waals surface area (Å²) >= 11 is 0. The third-order valence-electron chi connectivity index (χ3n) is 7.60. The molecule has 2 aliphatic rings. The lowest BCUT2D eigenvalue weighted by Crippen LogP contribution is -2.49. The molecule has 2 fully saturated rings. The van der Waals surface area contributed by atoms with Gasteiger partial charge in [0.25, 0.3) is 5.91 Å². The molecule has 7 nitrogen and oxygen atoms in total. The Morgan fingerprint density at radius 3 is 2.35 bits per heavy atom. The van der Waals surface area contributed by atoms with E-state index in [1.807, 2.05) is 11.8 Å². The number of carbonyl (C=O) groups is 2. The predicted octanol–water partition coefficient (Wildman–Crippen LogP) is 4.78. The number of anilines is 1. The van der Waals surface area contributed by atoms with Crippen molar-refractivity contribution < 1.29 is 22.8 Å². The van der Waals surface area contributed by atoms with Gasteiger partial charge in [0.15, 0.2) is 0 Å². The van der Waals surface area contributed by atoms with Gasteiger partial charge in [0, 0.05) is 44.8 Å². The summed E-state index contributed by atoms with van der Waals surface area (Å²) in [6, 6.07) is 12.1. The second-order valence-electron chi connectivity index (χ2n) is 10.4. The van der Waals surface area contributed by atoms with E-state index in [9.17, 15) is 22.8 Å².